The van der Waals surface area contributed by atoms with Crippen LogP contribution in [0.25, 0.3) is 0 Å². The van der Waals surface area contributed by atoms with E-state index < -0.39 is 10.0 Å². The number of hydrogen-bond donors (Lipinski definition) is 2. The first-order valence-corrected chi connectivity index (χ1v) is 9.79. The van der Waals surface area contributed by atoms with Gasteiger partial charge in [0.2, 0.25) is 10.0 Å². The van der Waals surface area contributed by atoms with Crippen molar-refractivity contribution in [1.29, 1.82) is 0 Å². The zero-order valence-corrected chi connectivity index (χ0v) is 16.8. The van der Waals surface area contributed by atoms with Crippen molar-refractivity contribution >= 4 is 45.6 Å². The molecule has 134 valence electrons. The fraction of sp³-hybridized carbons (Fsp3) is 0.562. The second-order valence-corrected chi connectivity index (χ2v) is 8.23. The maximum atomic E-state index is 12.5. The van der Waals surface area contributed by atoms with E-state index in [-0.39, 0.29) is 36.3 Å². The van der Waals surface area contributed by atoms with E-state index in [0.29, 0.717) is 18.4 Å². The number of guanidine groups is 1. The average molecular weight is 464 g/mol. The number of fused-ring (bicyclic) bond motifs is 1. The fourth-order valence-corrected chi connectivity index (χ4v) is 4.40. The Morgan fingerprint density at radius 1 is 1.33 bits per heavy atom. The van der Waals surface area contributed by atoms with Gasteiger partial charge in [0.1, 0.15) is 0 Å². The van der Waals surface area contributed by atoms with Crippen LogP contribution in [-0.4, -0.2) is 39.8 Å². The van der Waals surface area contributed by atoms with Gasteiger partial charge >= 0.3 is 0 Å². The van der Waals surface area contributed by atoms with Crippen molar-refractivity contribution in [3.8, 4) is 0 Å². The summed E-state index contributed by atoms with van der Waals surface area (Å²) in [5.41, 5.74) is 7.68. The molecule has 1 heterocycles. The molecule has 0 atom stereocenters. The van der Waals surface area contributed by atoms with Crippen molar-refractivity contribution in [2.45, 2.75) is 25.7 Å². The van der Waals surface area contributed by atoms with Crippen molar-refractivity contribution in [2.24, 2.45) is 16.6 Å². The molecule has 6 nitrogen and oxygen atoms in total. The number of halogens is 1. The molecule has 2 aliphatic rings. The lowest BCUT2D eigenvalue weighted by Crippen LogP contribution is -2.39. The van der Waals surface area contributed by atoms with E-state index in [9.17, 15) is 8.42 Å². The smallest absolute Gasteiger partial charge is 0.236 e. The molecule has 8 heteroatoms. The van der Waals surface area contributed by atoms with Gasteiger partial charge in [-0.2, -0.15) is 0 Å². The van der Waals surface area contributed by atoms with Gasteiger partial charge in [-0.15, -0.1) is 24.0 Å². The van der Waals surface area contributed by atoms with Gasteiger partial charge in [0.15, 0.2) is 5.96 Å². The lowest BCUT2D eigenvalue weighted by atomic mass is 9.86. The highest BCUT2D eigenvalue weighted by Crippen LogP contribution is 2.29. The molecular weight excluding hydrogens is 439 g/mol. The predicted octanol–water partition coefficient (Wildman–Crippen LogP) is 1.70. The number of rotatable bonds is 6. The molecule has 0 unspecified atom stereocenters. The minimum Gasteiger partial charge on any atom is -0.370 e. The molecule has 24 heavy (non-hydrogen) atoms. The van der Waals surface area contributed by atoms with Crippen LogP contribution in [0.5, 0.6) is 0 Å². The summed E-state index contributed by atoms with van der Waals surface area (Å²) < 4.78 is 26.5. The summed E-state index contributed by atoms with van der Waals surface area (Å²) in [7, 11) is -3.33. The van der Waals surface area contributed by atoms with Crippen LogP contribution in [0.3, 0.4) is 0 Å². The van der Waals surface area contributed by atoms with Crippen LogP contribution in [0.4, 0.5) is 5.69 Å². The average Bonchev–Trinajstić information content (AvgIpc) is 2.90. The van der Waals surface area contributed by atoms with E-state index in [1.54, 1.807) is 0 Å². The van der Waals surface area contributed by atoms with Crippen molar-refractivity contribution in [3.63, 3.8) is 0 Å². The maximum absolute atomic E-state index is 12.5. The summed E-state index contributed by atoms with van der Waals surface area (Å²) in [6.45, 7) is 1.54. The highest BCUT2D eigenvalue weighted by atomic mass is 127. The molecular formula is C16H25IN4O2S. The van der Waals surface area contributed by atoms with Gasteiger partial charge in [-0.05, 0) is 36.8 Å². The molecule has 3 rings (SSSR count). The lowest BCUT2D eigenvalue weighted by molar-refractivity contribution is 0.326. The number of nitrogens with zero attached hydrogens (tertiary/aromatic N) is 2. The Bertz CT molecular complexity index is 689. The zero-order valence-electron chi connectivity index (χ0n) is 13.6. The Balaban J connectivity index is 0.00000208. The standard InChI is InChI=1S/C16H24N4O2S.HI/c17-16(19-12-13-4-3-5-13)18-9-11-23(21,22)20-10-8-14-6-1-2-7-15(14)20;/h1-2,6-7,13H,3-5,8-12H2,(H3,17,18,19);1H. The normalized spacial score (nSPS) is 17.8. The Morgan fingerprint density at radius 2 is 2.08 bits per heavy atom. The summed E-state index contributed by atoms with van der Waals surface area (Å²) in [5.74, 6) is 1.01. The van der Waals surface area contributed by atoms with Crippen LogP contribution in [0.1, 0.15) is 24.8 Å². The van der Waals surface area contributed by atoms with Crippen LogP contribution in [0, 0.1) is 5.92 Å². The number of aliphatic imine (C=N–C) groups is 1. The third-order valence-corrected chi connectivity index (χ3v) is 6.36. The van der Waals surface area contributed by atoms with E-state index in [1.807, 2.05) is 24.3 Å². The molecule has 0 saturated heterocycles. The van der Waals surface area contributed by atoms with Gasteiger partial charge in [0, 0.05) is 19.6 Å². The third kappa shape index (κ3) is 4.53. The monoisotopic (exact) mass is 464 g/mol. The topological polar surface area (TPSA) is 87.8 Å². The minimum absolute atomic E-state index is 0. The maximum Gasteiger partial charge on any atom is 0.236 e. The minimum atomic E-state index is -3.33. The molecule has 1 fully saturated rings. The summed E-state index contributed by atoms with van der Waals surface area (Å²) in [4.78, 5) is 4.27. The van der Waals surface area contributed by atoms with Gasteiger partial charge in [0.05, 0.1) is 11.4 Å². The van der Waals surface area contributed by atoms with Crippen LogP contribution in [-0.2, 0) is 16.4 Å². The van der Waals surface area contributed by atoms with Gasteiger partial charge < -0.3 is 11.1 Å². The second kappa shape index (κ2) is 8.37. The van der Waals surface area contributed by atoms with E-state index in [1.165, 1.54) is 23.6 Å². The highest BCUT2D eigenvalue weighted by Gasteiger charge is 2.28. The van der Waals surface area contributed by atoms with Gasteiger partial charge in [-0.1, -0.05) is 24.6 Å². The molecule has 1 aromatic rings. The van der Waals surface area contributed by atoms with Crippen molar-refractivity contribution < 1.29 is 8.42 Å². The van der Waals surface area contributed by atoms with E-state index >= 15 is 0 Å². The molecule has 0 radical (unpaired) electrons. The van der Waals surface area contributed by atoms with Crippen LogP contribution in [0.15, 0.2) is 29.3 Å². The summed E-state index contributed by atoms with van der Waals surface area (Å²) in [6.07, 6.45) is 4.50. The van der Waals surface area contributed by atoms with E-state index in [0.717, 1.165) is 24.2 Å². The molecule has 3 N–H and O–H groups in total. The fourth-order valence-electron chi connectivity index (χ4n) is 2.97. The van der Waals surface area contributed by atoms with E-state index in [2.05, 4.69) is 10.3 Å². The van der Waals surface area contributed by atoms with Crippen molar-refractivity contribution in [1.82, 2.24) is 5.32 Å². The molecule has 1 saturated carbocycles. The van der Waals surface area contributed by atoms with Crippen LogP contribution in [0.2, 0.25) is 0 Å². The number of hydrogen-bond acceptors (Lipinski definition) is 3. The highest BCUT2D eigenvalue weighted by molar-refractivity contribution is 14.0. The Labute approximate surface area is 161 Å². The quantitative estimate of drug-likeness (QED) is 0.381. The molecule has 1 aliphatic carbocycles. The van der Waals surface area contributed by atoms with Crippen molar-refractivity contribution in [2.75, 3.05) is 29.7 Å². The lowest BCUT2D eigenvalue weighted by Gasteiger charge is -2.23. The third-order valence-electron chi connectivity index (χ3n) is 4.59. The predicted molar refractivity (Wildman–Crippen MR) is 109 cm³/mol. The first kappa shape index (κ1) is 19.3. The molecule has 0 amide bonds. The molecule has 1 aromatic carbocycles. The summed E-state index contributed by atoms with van der Waals surface area (Å²) in [5, 5.41) is 2.91. The van der Waals surface area contributed by atoms with Crippen LogP contribution >= 0.6 is 24.0 Å². The zero-order chi connectivity index (χ0) is 16.3. The summed E-state index contributed by atoms with van der Waals surface area (Å²) >= 11 is 0. The number of para-hydroxylation sites is 1. The number of sulfonamides is 1. The first-order chi connectivity index (χ1) is 11.1. The molecule has 0 aromatic heterocycles. The number of anilines is 1. The van der Waals surface area contributed by atoms with Gasteiger partial charge in [-0.25, -0.2) is 8.42 Å². The van der Waals surface area contributed by atoms with Crippen molar-refractivity contribution in [3.05, 3.63) is 29.8 Å². The number of benzene rings is 1. The first-order valence-electron chi connectivity index (χ1n) is 8.18. The molecule has 1 aliphatic heterocycles. The largest absolute Gasteiger partial charge is 0.370 e. The van der Waals surface area contributed by atoms with Gasteiger partial charge in [-0.3, -0.25) is 9.30 Å². The van der Waals surface area contributed by atoms with E-state index in [4.69, 9.17) is 5.73 Å². The number of nitrogens with two attached hydrogens (primary N) is 1. The number of nitrogens with one attached hydrogen (secondary N) is 1. The SMILES string of the molecule is I.NC(=NCC1CCC1)NCCS(=O)(=O)N1CCc2ccccc21. The van der Waals surface area contributed by atoms with Gasteiger partial charge in [0.25, 0.3) is 0 Å². The van der Waals surface area contributed by atoms with Crippen LogP contribution < -0.4 is 15.4 Å². The molecule has 0 bridgehead atoms. The Kier molecular flexibility index (Phi) is 6.73. The Hall–Kier alpha value is -1.03. The Morgan fingerprint density at radius 3 is 2.79 bits per heavy atom. The summed E-state index contributed by atoms with van der Waals surface area (Å²) in [6, 6.07) is 7.65. The second-order valence-electron chi connectivity index (χ2n) is 6.22. The molecule has 0 spiro atoms.